The Morgan fingerprint density at radius 2 is 1.51 bits per heavy atom. The highest BCUT2D eigenvalue weighted by molar-refractivity contribution is 7.99. The summed E-state index contributed by atoms with van der Waals surface area (Å²) in [6, 6.07) is 19.6. The first-order valence-electron chi connectivity index (χ1n) is 12.6. The smallest absolute Gasteiger partial charge is 0.253 e. The number of piperazine rings is 1. The molecule has 39 heavy (non-hydrogen) atoms. The molecule has 3 aromatic rings. The number of amides is 1. The number of ketones is 1. The molecule has 204 valence electrons. The highest BCUT2D eigenvalue weighted by Crippen LogP contribution is 2.34. The van der Waals surface area contributed by atoms with Crippen LogP contribution in [0.25, 0.3) is 0 Å². The van der Waals surface area contributed by atoms with Crippen LogP contribution in [0, 0.1) is 4.91 Å². The van der Waals surface area contributed by atoms with Crippen molar-refractivity contribution in [1.29, 1.82) is 0 Å². The second kappa shape index (κ2) is 13.0. The fraction of sp³-hybridized carbons (Fsp3) is 0.310. The van der Waals surface area contributed by atoms with Gasteiger partial charge in [0.1, 0.15) is 0 Å². The zero-order valence-electron chi connectivity index (χ0n) is 21.8. The number of halogens is 2. The average Bonchev–Trinajstić information content (AvgIpc) is 2.91. The number of anilines is 2. The number of nitroso groups, excluding NO2 is 1. The van der Waals surface area contributed by atoms with Crippen LogP contribution < -0.4 is 5.32 Å². The minimum Gasteiger partial charge on any atom is -0.353 e. The number of hydrogen-bond acceptors (Lipinski definition) is 7. The van der Waals surface area contributed by atoms with Crippen molar-refractivity contribution in [2.45, 2.75) is 25.0 Å². The maximum atomic E-state index is 13.1. The molecule has 1 heterocycles. The summed E-state index contributed by atoms with van der Waals surface area (Å²) < 4.78 is 2.70. The highest BCUT2D eigenvalue weighted by atomic mass is 35.5. The van der Waals surface area contributed by atoms with E-state index in [1.54, 1.807) is 42.5 Å². The molecular weight excluding hydrogens is 555 g/mol. The third kappa shape index (κ3) is 7.60. The number of rotatable bonds is 10. The van der Waals surface area contributed by atoms with Crippen molar-refractivity contribution in [3.05, 3.63) is 98.4 Å². The maximum absolute atomic E-state index is 13.1. The van der Waals surface area contributed by atoms with E-state index in [9.17, 15) is 14.5 Å². The molecule has 0 atom stereocenters. The van der Waals surface area contributed by atoms with Gasteiger partial charge in [-0.25, -0.2) is 0 Å². The number of carbonyl (C=O) groups excluding carboxylic acids is 2. The van der Waals surface area contributed by atoms with Gasteiger partial charge in [-0.1, -0.05) is 59.6 Å². The molecule has 1 aliphatic heterocycles. The summed E-state index contributed by atoms with van der Waals surface area (Å²) in [6.07, 6.45) is 0.175. The van der Waals surface area contributed by atoms with E-state index in [1.807, 2.05) is 43.0 Å². The fourth-order valence-corrected chi connectivity index (χ4v) is 5.52. The molecule has 0 saturated carbocycles. The summed E-state index contributed by atoms with van der Waals surface area (Å²) in [5.41, 5.74) is 3.23. The standard InChI is InChI=1S/C29H30Cl2N4O3S/c1-29(2,39-33-38)19-34-14-16-35(17-15-34)28(37)21-12-10-20(11-13-21)26(36)18-22-6-3-4-9-25(22)32-27-23(30)7-5-8-24(27)31/h3-13,32H,14-19H2,1-2H3. The molecule has 0 spiro atoms. The molecule has 0 unspecified atom stereocenters. The molecule has 3 aromatic carbocycles. The summed E-state index contributed by atoms with van der Waals surface area (Å²) in [7, 11) is 0. The van der Waals surface area contributed by atoms with E-state index in [4.69, 9.17) is 23.2 Å². The number of nitrogens with zero attached hydrogens (tertiary/aromatic N) is 3. The summed E-state index contributed by atoms with van der Waals surface area (Å²) >= 11 is 13.7. The van der Waals surface area contributed by atoms with Gasteiger partial charge in [-0.05, 0) is 49.7 Å². The van der Waals surface area contributed by atoms with Gasteiger partial charge in [0, 0.05) is 77.2 Å². The third-order valence-corrected chi connectivity index (χ3v) is 7.92. The molecule has 1 saturated heterocycles. The number of hydrogen-bond donors (Lipinski definition) is 1. The van der Waals surface area contributed by atoms with E-state index in [1.165, 1.54) is 0 Å². The lowest BCUT2D eigenvalue weighted by Gasteiger charge is -2.37. The zero-order chi connectivity index (χ0) is 28.0. The lowest BCUT2D eigenvalue weighted by molar-refractivity contribution is 0.0629. The third-order valence-electron chi connectivity index (χ3n) is 6.59. The predicted octanol–water partition coefficient (Wildman–Crippen LogP) is 7.11. The quantitative estimate of drug-likeness (QED) is 0.155. The Morgan fingerprint density at radius 1 is 0.897 bits per heavy atom. The van der Waals surface area contributed by atoms with E-state index >= 15 is 0 Å². The van der Waals surface area contributed by atoms with Gasteiger partial charge in [0.15, 0.2) is 5.78 Å². The molecule has 0 radical (unpaired) electrons. The van der Waals surface area contributed by atoms with Crippen molar-refractivity contribution in [2.75, 3.05) is 38.0 Å². The molecule has 0 aromatic heterocycles. The van der Waals surface area contributed by atoms with Crippen LogP contribution in [-0.2, 0) is 6.42 Å². The predicted molar refractivity (Wildman–Crippen MR) is 160 cm³/mol. The van der Waals surface area contributed by atoms with Gasteiger partial charge < -0.3 is 10.2 Å². The Bertz CT molecular complexity index is 1320. The minimum absolute atomic E-state index is 0.0528. The van der Waals surface area contributed by atoms with E-state index in [2.05, 4.69) is 14.8 Å². The number of Topliss-reactive ketones (excluding diaryl/α,β-unsaturated/α-hetero) is 1. The fourth-order valence-electron chi connectivity index (χ4n) is 4.58. The van der Waals surface area contributed by atoms with Crippen molar-refractivity contribution >= 4 is 58.2 Å². The van der Waals surface area contributed by atoms with Crippen LogP contribution in [-0.4, -0.2) is 59.0 Å². The largest absolute Gasteiger partial charge is 0.353 e. The van der Waals surface area contributed by atoms with Crippen LogP contribution in [0.4, 0.5) is 11.4 Å². The lowest BCUT2D eigenvalue weighted by Crippen LogP contribution is -2.51. The molecule has 0 aliphatic carbocycles. The first-order valence-corrected chi connectivity index (χ1v) is 14.1. The SMILES string of the molecule is CC(C)(CN1CCN(C(=O)c2ccc(C(=O)Cc3ccccc3Nc3c(Cl)cccc3Cl)cc2)CC1)SN=O. The molecule has 1 amide bonds. The Hall–Kier alpha value is -2.91. The van der Waals surface area contributed by atoms with Gasteiger partial charge in [-0.2, -0.15) is 0 Å². The minimum atomic E-state index is -0.269. The highest BCUT2D eigenvalue weighted by Gasteiger charge is 2.28. The zero-order valence-corrected chi connectivity index (χ0v) is 24.2. The van der Waals surface area contributed by atoms with Gasteiger partial charge >= 0.3 is 0 Å². The first-order chi connectivity index (χ1) is 18.7. The number of nitrogens with one attached hydrogen (secondary N) is 1. The van der Waals surface area contributed by atoms with Crippen LogP contribution in [0.3, 0.4) is 0 Å². The monoisotopic (exact) mass is 584 g/mol. The van der Waals surface area contributed by atoms with Crippen LogP contribution in [0.2, 0.25) is 10.0 Å². The molecule has 1 N–H and O–H groups in total. The average molecular weight is 586 g/mol. The topological polar surface area (TPSA) is 82.1 Å². The van der Waals surface area contributed by atoms with Crippen LogP contribution >= 0.6 is 35.1 Å². The van der Waals surface area contributed by atoms with Crippen LogP contribution in [0.15, 0.2) is 71.3 Å². The van der Waals surface area contributed by atoms with E-state index < -0.39 is 0 Å². The van der Waals surface area contributed by atoms with Gasteiger partial charge in [-0.3, -0.25) is 14.5 Å². The molecule has 10 heteroatoms. The molecule has 0 bridgehead atoms. The Morgan fingerprint density at radius 3 is 2.15 bits per heavy atom. The van der Waals surface area contributed by atoms with Crippen molar-refractivity contribution in [2.24, 2.45) is 4.58 Å². The lowest BCUT2D eigenvalue weighted by atomic mass is 10.00. The number of para-hydroxylation sites is 2. The molecule has 1 aliphatic rings. The maximum Gasteiger partial charge on any atom is 0.253 e. The van der Waals surface area contributed by atoms with E-state index in [-0.39, 0.29) is 22.9 Å². The molecular formula is C29H30Cl2N4O3S. The Labute approximate surface area is 243 Å². The molecule has 1 fully saturated rings. The second-order valence-electron chi connectivity index (χ2n) is 10.0. The normalized spacial score (nSPS) is 14.2. The van der Waals surface area contributed by atoms with Crippen molar-refractivity contribution in [3.8, 4) is 0 Å². The summed E-state index contributed by atoms with van der Waals surface area (Å²) in [4.78, 5) is 40.9. The van der Waals surface area contributed by atoms with E-state index in [0.717, 1.165) is 42.8 Å². The van der Waals surface area contributed by atoms with Crippen LogP contribution in [0.1, 0.15) is 40.1 Å². The van der Waals surface area contributed by atoms with Gasteiger partial charge in [0.05, 0.1) is 15.7 Å². The second-order valence-corrected chi connectivity index (χ2v) is 12.3. The van der Waals surface area contributed by atoms with Crippen LogP contribution in [0.5, 0.6) is 0 Å². The van der Waals surface area contributed by atoms with Gasteiger partial charge in [-0.15, -0.1) is 4.91 Å². The molecule has 4 rings (SSSR count). The summed E-state index contributed by atoms with van der Waals surface area (Å²) in [5.74, 6) is -0.115. The van der Waals surface area contributed by atoms with Crippen molar-refractivity contribution in [1.82, 2.24) is 9.80 Å². The van der Waals surface area contributed by atoms with E-state index in [0.29, 0.717) is 39.9 Å². The van der Waals surface area contributed by atoms with Crippen molar-refractivity contribution in [3.63, 3.8) is 0 Å². The number of benzene rings is 3. The molecule has 7 nitrogen and oxygen atoms in total. The van der Waals surface area contributed by atoms with Crippen molar-refractivity contribution < 1.29 is 9.59 Å². The van der Waals surface area contributed by atoms with Gasteiger partial charge in [0.25, 0.3) is 5.91 Å². The Kier molecular flexibility index (Phi) is 9.67. The number of carbonyl (C=O) groups is 2. The Balaban J connectivity index is 1.37. The van der Waals surface area contributed by atoms with Gasteiger partial charge in [0.2, 0.25) is 0 Å². The summed E-state index contributed by atoms with van der Waals surface area (Å²) in [6.45, 7) is 7.39. The summed E-state index contributed by atoms with van der Waals surface area (Å²) in [5, 5.41) is 4.24. The first kappa shape index (κ1) is 29.1.